The number of rotatable bonds is 66. The third-order valence-corrected chi connectivity index (χ3v) is 15.8. The highest BCUT2D eigenvalue weighted by Gasteiger charge is 2.16. The second-order valence-corrected chi connectivity index (χ2v) is 23.9. The van der Waals surface area contributed by atoms with Gasteiger partial charge in [0.05, 0.1) is 6.61 Å². The van der Waals surface area contributed by atoms with E-state index < -0.39 is 6.10 Å². The maximum absolute atomic E-state index is 12.4. The summed E-state index contributed by atoms with van der Waals surface area (Å²) in [4.78, 5) is 24.7. The zero-order valence-corrected chi connectivity index (χ0v) is 54.9. The maximum atomic E-state index is 12.4. The summed E-state index contributed by atoms with van der Waals surface area (Å²) in [6.45, 7) is 4.07. The molecule has 0 saturated heterocycles. The molecule has 0 aromatic heterocycles. The summed E-state index contributed by atoms with van der Waals surface area (Å²) in [5.41, 5.74) is 0. The minimum Gasteiger partial charge on any atom is -0.462 e. The van der Waals surface area contributed by atoms with E-state index in [2.05, 4.69) is 123 Å². The van der Waals surface area contributed by atoms with Crippen molar-refractivity contribution >= 4 is 11.9 Å². The second kappa shape index (κ2) is 72.8. The number of aliphatic hydroxyl groups excluding tert-OH is 1. The predicted molar refractivity (Wildman–Crippen MR) is 366 cm³/mol. The lowest BCUT2D eigenvalue weighted by atomic mass is 10.0. The van der Waals surface area contributed by atoms with E-state index in [1.807, 2.05) is 0 Å². The van der Waals surface area contributed by atoms with E-state index >= 15 is 0 Å². The van der Waals surface area contributed by atoms with Crippen LogP contribution in [-0.4, -0.2) is 36.4 Å². The molecule has 5 heteroatoms. The molecule has 0 fully saturated rings. The molecule has 0 saturated carbocycles. The van der Waals surface area contributed by atoms with Crippen LogP contribution in [0.5, 0.6) is 0 Å². The molecule has 0 aliphatic carbocycles. The van der Waals surface area contributed by atoms with Gasteiger partial charge < -0.3 is 14.6 Å². The van der Waals surface area contributed by atoms with Crippen molar-refractivity contribution in [2.75, 3.05) is 13.2 Å². The van der Waals surface area contributed by atoms with Crippen LogP contribution in [0, 0.1) is 0 Å². The molecule has 478 valence electrons. The van der Waals surface area contributed by atoms with Crippen molar-refractivity contribution in [1.82, 2.24) is 0 Å². The van der Waals surface area contributed by atoms with E-state index in [9.17, 15) is 14.7 Å². The number of carbonyl (C=O) groups excluding carboxylic acids is 2. The summed E-state index contributed by atoms with van der Waals surface area (Å²) in [5, 5.41) is 9.71. The molecule has 0 aromatic rings. The summed E-state index contributed by atoms with van der Waals surface area (Å²) in [6.07, 6.45) is 106. The van der Waals surface area contributed by atoms with E-state index in [-0.39, 0.29) is 25.2 Å². The first-order chi connectivity index (χ1) is 41.1. The van der Waals surface area contributed by atoms with E-state index in [4.69, 9.17) is 9.47 Å². The van der Waals surface area contributed by atoms with Crippen LogP contribution in [0.2, 0.25) is 0 Å². The first-order valence-corrected chi connectivity index (χ1v) is 35.9. The van der Waals surface area contributed by atoms with Gasteiger partial charge in [-0.1, -0.05) is 367 Å². The Morgan fingerprint density at radius 1 is 0.289 bits per heavy atom. The number of carbonyl (C=O) groups is 2. The molecule has 0 bridgehead atoms. The molecule has 1 atom stereocenters. The van der Waals surface area contributed by atoms with Crippen molar-refractivity contribution in [3.8, 4) is 0 Å². The molecule has 1 N–H and O–H groups in total. The van der Waals surface area contributed by atoms with Crippen LogP contribution in [0.15, 0.2) is 109 Å². The number of hydrogen-bond donors (Lipinski definition) is 1. The highest BCUT2D eigenvalue weighted by atomic mass is 16.6. The fraction of sp³-hybridized carbons (Fsp3) is 0.744. The number of ether oxygens (including phenoxy) is 2. The van der Waals surface area contributed by atoms with Crippen molar-refractivity contribution in [2.24, 2.45) is 0 Å². The van der Waals surface area contributed by atoms with Gasteiger partial charge in [-0.2, -0.15) is 0 Å². The van der Waals surface area contributed by atoms with Gasteiger partial charge in [0, 0.05) is 12.8 Å². The molecule has 1 unspecified atom stereocenters. The monoisotopic (exact) mass is 1150 g/mol. The number of allylic oxidation sites excluding steroid dienone is 18. The second-order valence-electron chi connectivity index (χ2n) is 23.9. The van der Waals surface area contributed by atoms with Gasteiger partial charge in [-0.25, -0.2) is 0 Å². The van der Waals surface area contributed by atoms with E-state index in [1.165, 1.54) is 231 Å². The van der Waals surface area contributed by atoms with Crippen molar-refractivity contribution in [2.45, 2.75) is 360 Å². The smallest absolute Gasteiger partial charge is 0.306 e. The molecule has 0 rings (SSSR count). The Bertz CT molecular complexity index is 1590. The van der Waals surface area contributed by atoms with Crippen LogP contribution < -0.4 is 0 Å². The average molecular weight is 1150 g/mol. The van der Waals surface area contributed by atoms with Gasteiger partial charge in [-0.3, -0.25) is 9.59 Å². The summed E-state index contributed by atoms with van der Waals surface area (Å²) >= 11 is 0. The summed E-state index contributed by atoms with van der Waals surface area (Å²) in [6, 6.07) is 0. The largest absolute Gasteiger partial charge is 0.462 e. The normalized spacial score (nSPS) is 12.9. The van der Waals surface area contributed by atoms with Crippen molar-refractivity contribution in [1.29, 1.82) is 0 Å². The Kier molecular flexibility index (Phi) is 69.8. The third-order valence-electron chi connectivity index (χ3n) is 15.8. The maximum Gasteiger partial charge on any atom is 0.306 e. The summed E-state index contributed by atoms with van der Waals surface area (Å²) in [5.74, 6) is -0.578. The highest BCUT2D eigenvalue weighted by Crippen LogP contribution is 2.18. The Hall–Kier alpha value is -3.44. The number of esters is 2. The van der Waals surface area contributed by atoms with Gasteiger partial charge in [0.25, 0.3) is 0 Å². The third kappa shape index (κ3) is 71.0. The number of unbranched alkanes of at least 4 members (excludes halogenated alkanes) is 40. The summed E-state index contributed by atoms with van der Waals surface area (Å²) in [7, 11) is 0. The number of hydrogen-bond acceptors (Lipinski definition) is 5. The lowest BCUT2D eigenvalue weighted by molar-refractivity contribution is -0.161. The minimum atomic E-state index is -0.777. The van der Waals surface area contributed by atoms with Crippen LogP contribution in [0.3, 0.4) is 0 Å². The Morgan fingerprint density at radius 3 is 0.783 bits per heavy atom. The molecule has 83 heavy (non-hydrogen) atoms. The Labute approximate surface area is 516 Å². The minimum absolute atomic E-state index is 0.0655. The quantitative estimate of drug-likeness (QED) is 0.0373. The highest BCUT2D eigenvalue weighted by molar-refractivity contribution is 5.70. The topological polar surface area (TPSA) is 72.8 Å². The van der Waals surface area contributed by atoms with Crippen LogP contribution in [0.1, 0.15) is 354 Å². The first kappa shape index (κ1) is 79.6. The SMILES string of the molecule is CC/C=C\C/C=C\C/C=C\C/C=C\C/C=C\C/C=C\C/C=C\C/C=C\C/C=C\CCCCCCCCCCCCCCCC(=O)OC(CO)COC(=O)CCCCCCCCCCCCCCCCCCCCCCCCCCCCCC. The molecule has 0 heterocycles. The zero-order valence-electron chi connectivity index (χ0n) is 54.9. The van der Waals surface area contributed by atoms with Crippen molar-refractivity contribution in [3.63, 3.8) is 0 Å². The fourth-order valence-electron chi connectivity index (χ4n) is 10.5. The molecular weight excluding hydrogens is 1020 g/mol. The lowest BCUT2D eigenvalue weighted by Gasteiger charge is -2.15. The number of aliphatic hydroxyl groups is 1. The van der Waals surface area contributed by atoms with Crippen LogP contribution >= 0.6 is 0 Å². The van der Waals surface area contributed by atoms with Gasteiger partial charge in [0.2, 0.25) is 0 Å². The molecule has 0 aromatic carbocycles. The van der Waals surface area contributed by atoms with E-state index in [1.54, 1.807) is 0 Å². The van der Waals surface area contributed by atoms with Gasteiger partial charge >= 0.3 is 11.9 Å². The van der Waals surface area contributed by atoms with Crippen LogP contribution in [-0.2, 0) is 19.1 Å². The van der Waals surface area contributed by atoms with Gasteiger partial charge in [0.15, 0.2) is 6.10 Å². The van der Waals surface area contributed by atoms with Crippen molar-refractivity contribution in [3.05, 3.63) is 109 Å². The molecule has 0 spiro atoms. The molecule has 0 amide bonds. The van der Waals surface area contributed by atoms with Gasteiger partial charge in [-0.05, 0) is 83.5 Å². The molecule has 0 aliphatic heterocycles. The zero-order chi connectivity index (χ0) is 59.8. The first-order valence-electron chi connectivity index (χ1n) is 35.9. The average Bonchev–Trinajstić information content (AvgIpc) is 3.49. The molecule has 5 nitrogen and oxygen atoms in total. The van der Waals surface area contributed by atoms with E-state index in [0.717, 1.165) is 96.3 Å². The standard InChI is InChI=1S/C78H136O5/c1-3-5-7-9-11-13-15-17-19-21-23-25-27-29-31-33-34-35-36-37-38-39-40-41-42-43-44-45-47-49-51-53-55-57-59-61-63-65-67-69-71-73-78(81)83-76(74-79)75-82-77(80)72-70-68-66-64-62-60-58-56-54-52-50-48-46-32-30-28-26-24-22-20-18-16-14-12-10-8-6-4-2/h5,7,11,13,17,19,23,25,29,31,34-35,37-38,40-41,43-44,76,79H,3-4,6,8-10,12,14-16,18,20-22,24,26-28,30,32-33,36,39,42,45-75H2,1-2H3/b7-5-,13-11-,19-17-,25-23-,31-29-,35-34-,38-37-,41-40-,44-43-. The molecule has 0 radical (unpaired) electrons. The van der Waals surface area contributed by atoms with Gasteiger partial charge in [0.1, 0.15) is 6.61 Å². The van der Waals surface area contributed by atoms with Crippen molar-refractivity contribution < 1.29 is 24.2 Å². The summed E-state index contributed by atoms with van der Waals surface area (Å²) < 4.78 is 10.8. The Balaban J connectivity index is 3.48. The Morgan fingerprint density at radius 2 is 0.518 bits per heavy atom. The van der Waals surface area contributed by atoms with Crippen LogP contribution in [0.4, 0.5) is 0 Å². The van der Waals surface area contributed by atoms with Crippen LogP contribution in [0.25, 0.3) is 0 Å². The van der Waals surface area contributed by atoms with E-state index in [0.29, 0.717) is 12.8 Å². The lowest BCUT2D eigenvalue weighted by Crippen LogP contribution is -2.28. The van der Waals surface area contributed by atoms with Gasteiger partial charge in [-0.15, -0.1) is 0 Å². The molecule has 0 aliphatic rings. The fourth-order valence-corrected chi connectivity index (χ4v) is 10.5. The molecular formula is C78H136O5. The predicted octanol–water partition coefficient (Wildman–Crippen LogP) is 25.2.